The molecule has 0 aromatic rings. The van der Waals surface area contributed by atoms with Gasteiger partial charge in [0.1, 0.15) is 24.4 Å². The summed E-state index contributed by atoms with van der Waals surface area (Å²) in [6.45, 7) is 0.747. The summed E-state index contributed by atoms with van der Waals surface area (Å²) >= 11 is 0. The maximum absolute atomic E-state index is 10.1. The van der Waals surface area contributed by atoms with Crippen LogP contribution >= 0.6 is 0 Å². The summed E-state index contributed by atoms with van der Waals surface area (Å²) in [6.07, 6.45) is 2.25. The van der Waals surface area contributed by atoms with Gasteiger partial charge in [0.25, 0.3) is 0 Å². The van der Waals surface area contributed by atoms with Gasteiger partial charge in [0.2, 0.25) is 0 Å². The van der Waals surface area contributed by atoms with E-state index in [1.165, 1.54) is 32.1 Å². The number of unbranched alkanes of at least 4 members (excludes halogenated alkanes) is 6. The fourth-order valence-corrected chi connectivity index (χ4v) is 1.90. The van der Waals surface area contributed by atoms with E-state index in [2.05, 4.69) is 6.92 Å². The van der Waals surface area contributed by atoms with Gasteiger partial charge in [-0.2, -0.15) is 0 Å². The molecule has 0 aliphatic heterocycles. The first kappa shape index (κ1) is 25.5. The molecule has 0 saturated carbocycles. The molecule has 0 aromatic carbocycles. The molecule has 8 nitrogen and oxygen atoms in total. The van der Waals surface area contributed by atoms with Crippen molar-refractivity contribution in [1.29, 1.82) is 0 Å². The fourth-order valence-electron chi connectivity index (χ4n) is 1.90. The van der Waals surface area contributed by atoms with E-state index in [9.17, 15) is 4.79 Å². The number of rotatable bonds is 13. The maximum atomic E-state index is 10.1. The van der Waals surface area contributed by atoms with Gasteiger partial charge in [-0.05, 0) is 6.42 Å². The highest BCUT2D eigenvalue weighted by Gasteiger charge is 2.29. The third-order valence-electron chi connectivity index (χ3n) is 3.51. The lowest BCUT2D eigenvalue weighted by Gasteiger charge is -2.24. The van der Waals surface area contributed by atoms with E-state index in [1.807, 2.05) is 0 Å². The molecule has 8 heteroatoms. The van der Waals surface area contributed by atoms with Crippen molar-refractivity contribution in [3.63, 3.8) is 0 Å². The van der Waals surface area contributed by atoms with Gasteiger partial charge in [-0.3, -0.25) is 4.79 Å². The van der Waals surface area contributed by atoms with Gasteiger partial charge in [-0.25, -0.2) is 0 Å². The standard InChI is InChI=1S/C10H20O2.C6H14O6/c1-2-3-4-5-6-7-8-9-10(11)12;7-1-3(9)5(11)6(12)4(10)2-8/h2-9H2,1H3,(H,11,12);3-12H,1-2H2/t;3-,4-,5-,6-/m.1/s1. The molecule has 24 heavy (non-hydrogen) atoms. The second-order valence-electron chi connectivity index (χ2n) is 5.75. The van der Waals surface area contributed by atoms with Crippen LogP contribution in [0.3, 0.4) is 0 Å². The van der Waals surface area contributed by atoms with Gasteiger partial charge < -0.3 is 35.7 Å². The van der Waals surface area contributed by atoms with Gasteiger partial charge in [-0.1, -0.05) is 45.4 Å². The first-order chi connectivity index (χ1) is 11.3. The highest BCUT2D eigenvalue weighted by Crippen LogP contribution is 2.08. The summed E-state index contributed by atoms with van der Waals surface area (Å²) in [5.41, 5.74) is 0. The van der Waals surface area contributed by atoms with Gasteiger partial charge in [-0.15, -0.1) is 0 Å². The summed E-state index contributed by atoms with van der Waals surface area (Å²) < 4.78 is 0. The van der Waals surface area contributed by atoms with Crippen LogP contribution in [0.4, 0.5) is 0 Å². The van der Waals surface area contributed by atoms with Crippen LogP contribution in [0, 0.1) is 0 Å². The molecule has 0 radical (unpaired) electrons. The molecule has 0 aromatic heterocycles. The quantitative estimate of drug-likeness (QED) is 0.221. The van der Waals surface area contributed by atoms with Crippen LogP contribution in [0.5, 0.6) is 0 Å². The Kier molecular flexibility index (Phi) is 18.1. The normalized spacial score (nSPS) is 15.8. The van der Waals surface area contributed by atoms with E-state index in [0.717, 1.165) is 12.8 Å². The van der Waals surface area contributed by atoms with Crippen LogP contribution in [0.1, 0.15) is 58.3 Å². The molecule has 0 heterocycles. The number of carbonyl (C=O) groups is 1. The number of hydrogen-bond acceptors (Lipinski definition) is 7. The number of carboxylic acid groups (broad SMARTS) is 1. The third kappa shape index (κ3) is 14.8. The Morgan fingerprint density at radius 1 is 0.750 bits per heavy atom. The second-order valence-corrected chi connectivity index (χ2v) is 5.75. The molecule has 4 atom stereocenters. The van der Waals surface area contributed by atoms with Crippen LogP contribution in [-0.2, 0) is 4.79 Å². The Labute approximate surface area is 143 Å². The Hall–Kier alpha value is -0.770. The fraction of sp³-hybridized carbons (Fsp3) is 0.938. The smallest absolute Gasteiger partial charge is 0.303 e. The summed E-state index contributed by atoms with van der Waals surface area (Å²) in [5.74, 6) is -0.663. The third-order valence-corrected chi connectivity index (χ3v) is 3.51. The molecule has 7 N–H and O–H groups in total. The highest BCUT2D eigenvalue weighted by atomic mass is 16.4. The number of aliphatic hydroxyl groups is 6. The molecule has 0 spiro atoms. The lowest BCUT2D eigenvalue weighted by molar-refractivity contribution is -0.137. The van der Waals surface area contributed by atoms with E-state index in [4.69, 9.17) is 35.7 Å². The minimum atomic E-state index is -1.67. The topological polar surface area (TPSA) is 159 Å². The molecule has 0 bridgehead atoms. The highest BCUT2D eigenvalue weighted by molar-refractivity contribution is 5.66. The lowest BCUT2D eigenvalue weighted by atomic mass is 10.0. The summed E-state index contributed by atoms with van der Waals surface area (Å²) in [7, 11) is 0. The first-order valence-electron chi connectivity index (χ1n) is 8.47. The summed E-state index contributed by atoms with van der Waals surface area (Å²) in [6, 6.07) is 0. The van der Waals surface area contributed by atoms with Crippen molar-refractivity contribution in [1.82, 2.24) is 0 Å². The summed E-state index contributed by atoms with van der Waals surface area (Å²) in [5, 5.41) is 60.5. The number of aliphatic carboxylic acids is 1. The lowest BCUT2D eigenvalue weighted by Crippen LogP contribution is -2.46. The van der Waals surface area contributed by atoms with E-state index in [0.29, 0.717) is 6.42 Å². The molecule has 0 aliphatic rings. The number of carboxylic acids is 1. The zero-order valence-corrected chi connectivity index (χ0v) is 14.4. The average molecular weight is 354 g/mol. The Morgan fingerprint density at radius 3 is 1.46 bits per heavy atom. The molecular formula is C16H34O8. The maximum Gasteiger partial charge on any atom is 0.303 e. The van der Waals surface area contributed by atoms with Crippen LogP contribution in [0.15, 0.2) is 0 Å². The zero-order chi connectivity index (χ0) is 19.0. The van der Waals surface area contributed by atoms with Crippen molar-refractivity contribution in [2.45, 2.75) is 82.7 Å². The Bertz CT molecular complexity index is 273. The van der Waals surface area contributed by atoms with Crippen LogP contribution in [-0.4, -0.2) is 79.3 Å². The van der Waals surface area contributed by atoms with E-state index >= 15 is 0 Å². The second kappa shape index (κ2) is 17.1. The number of aliphatic hydroxyl groups excluding tert-OH is 6. The van der Waals surface area contributed by atoms with Gasteiger partial charge in [0.15, 0.2) is 0 Å². The predicted octanol–water partition coefficient (Wildman–Crippen LogP) is -0.374. The molecule has 0 saturated heterocycles. The van der Waals surface area contributed by atoms with Crippen LogP contribution in [0.2, 0.25) is 0 Å². The van der Waals surface area contributed by atoms with E-state index < -0.39 is 43.6 Å². The first-order valence-corrected chi connectivity index (χ1v) is 8.47. The molecule has 0 rings (SSSR count). The van der Waals surface area contributed by atoms with Crippen molar-refractivity contribution < 1.29 is 40.5 Å². The average Bonchev–Trinajstić information content (AvgIpc) is 2.58. The number of hydrogen-bond donors (Lipinski definition) is 7. The SMILES string of the molecule is CCCCCCCCCC(=O)O.OC[C@@H](O)[C@@H](O)[C@H](O)[C@H](O)CO. The zero-order valence-electron chi connectivity index (χ0n) is 14.4. The minimum Gasteiger partial charge on any atom is -0.481 e. The summed E-state index contributed by atoms with van der Waals surface area (Å²) in [4.78, 5) is 10.1. The largest absolute Gasteiger partial charge is 0.481 e. The molecule has 0 aliphatic carbocycles. The molecule has 0 unspecified atom stereocenters. The van der Waals surface area contributed by atoms with Crippen molar-refractivity contribution in [2.24, 2.45) is 0 Å². The van der Waals surface area contributed by atoms with Gasteiger partial charge >= 0.3 is 5.97 Å². The van der Waals surface area contributed by atoms with E-state index in [-0.39, 0.29) is 0 Å². The molecule has 146 valence electrons. The molecule has 0 fully saturated rings. The minimum absolute atomic E-state index is 0.341. The van der Waals surface area contributed by atoms with Crippen molar-refractivity contribution in [3.05, 3.63) is 0 Å². The van der Waals surface area contributed by atoms with E-state index in [1.54, 1.807) is 0 Å². The van der Waals surface area contributed by atoms with Crippen LogP contribution < -0.4 is 0 Å². The van der Waals surface area contributed by atoms with Crippen molar-refractivity contribution in [3.8, 4) is 0 Å². The van der Waals surface area contributed by atoms with Gasteiger partial charge in [0.05, 0.1) is 13.2 Å². The van der Waals surface area contributed by atoms with Crippen molar-refractivity contribution >= 4 is 5.97 Å². The Balaban J connectivity index is 0. The monoisotopic (exact) mass is 354 g/mol. The Morgan fingerprint density at radius 2 is 1.12 bits per heavy atom. The molecular weight excluding hydrogens is 320 g/mol. The van der Waals surface area contributed by atoms with Crippen molar-refractivity contribution in [2.75, 3.05) is 13.2 Å². The predicted molar refractivity (Wildman–Crippen MR) is 88.4 cm³/mol. The van der Waals surface area contributed by atoms with Gasteiger partial charge in [0, 0.05) is 6.42 Å². The van der Waals surface area contributed by atoms with Crippen LogP contribution in [0.25, 0.3) is 0 Å². The molecule has 0 amide bonds.